The molecule has 26 heavy (non-hydrogen) atoms. The number of hydrogen-bond acceptors (Lipinski definition) is 7. The van der Waals surface area contributed by atoms with Gasteiger partial charge in [0.1, 0.15) is 17.3 Å². The number of nitrogens with one attached hydrogen (secondary N) is 3. The van der Waals surface area contributed by atoms with Crippen LogP contribution in [0.25, 0.3) is 0 Å². The zero-order chi connectivity index (χ0) is 18.5. The highest BCUT2D eigenvalue weighted by molar-refractivity contribution is 6.03. The van der Waals surface area contributed by atoms with E-state index in [9.17, 15) is 9.59 Å². The molecule has 0 spiro atoms. The van der Waals surface area contributed by atoms with Gasteiger partial charge in [0.05, 0.1) is 12.4 Å². The van der Waals surface area contributed by atoms with E-state index in [1.54, 1.807) is 37.3 Å². The summed E-state index contributed by atoms with van der Waals surface area (Å²) in [4.78, 5) is 31.6. The van der Waals surface area contributed by atoms with Crippen molar-refractivity contribution in [2.24, 2.45) is 0 Å². The molecule has 2 amide bonds. The fourth-order valence-corrected chi connectivity index (χ4v) is 2.14. The lowest BCUT2D eigenvalue weighted by atomic mass is 10.2. The van der Waals surface area contributed by atoms with E-state index in [2.05, 4.69) is 31.1 Å². The first kappa shape index (κ1) is 17.1. The third-order valence-electron chi connectivity index (χ3n) is 3.21. The Bertz CT molecular complexity index is 936. The first-order valence-electron chi connectivity index (χ1n) is 7.71. The van der Waals surface area contributed by atoms with E-state index in [1.165, 1.54) is 19.3 Å². The molecule has 1 aromatic carbocycles. The maximum Gasteiger partial charge on any atom is 0.275 e. The van der Waals surface area contributed by atoms with Gasteiger partial charge in [-0.3, -0.25) is 9.59 Å². The smallest absolute Gasteiger partial charge is 0.275 e. The molecule has 0 fully saturated rings. The highest BCUT2D eigenvalue weighted by Gasteiger charge is 2.10. The molecule has 0 saturated heterocycles. The van der Waals surface area contributed by atoms with Gasteiger partial charge in [0.2, 0.25) is 5.91 Å². The maximum atomic E-state index is 12.3. The summed E-state index contributed by atoms with van der Waals surface area (Å²) in [5, 5.41) is 12.1. The van der Waals surface area contributed by atoms with Crippen LogP contribution in [0.15, 0.2) is 47.2 Å². The average Bonchev–Trinajstić information content (AvgIpc) is 3.00. The summed E-state index contributed by atoms with van der Waals surface area (Å²) in [6.07, 6.45) is 2.77. The van der Waals surface area contributed by atoms with Crippen LogP contribution in [0.3, 0.4) is 0 Å². The van der Waals surface area contributed by atoms with E-state index in [-0.39, 0.29) is 11.6 Å². The third-order valence-corrected chi connectivity index (χ3v) is 3.21. The summed E-state index contributed by atoms with van der Waals surface area (Å²) in [5.74, 6) is 0.996. The van der Waals surface area contributed by atoms with Crippen LogP contribution in [0, 0.1) is 6.92 Å². The minimum absolute atomic E-state index is 0.150. The van der Waals surface area contributed by atoms with Crippen molar-refractivity contribution in [2.45, 2.75) is 13.8 Å². The van der Waals surface area contributed by atoms with E-state index in [0.29, 0.717) is 28.8 Å². The van der Waals surface area contributed by atoms with Crippen LogP contribution in [0.1, 0.15) is 23.2 Å². The number of aryl methyl sites for hydroxylation is 1. The molecule has 0 bridgehead atoms. The molecule has 0 unspecified atom stereocenters. The number of carbonyl (C=O) groups is 2. The van der Waals surface area contributed by atoms with Gasteiger partial charge in [0, 0.05) is 24.4 Å². The molecule has 132 valence electrons. The second-order valence-corrected chi connectivity index (χ2v) is 5.45. The summed E-state index contributed by atoms with van der Waals surface area (Å²) in [6, 6.07) is 8.52. The molecule has 0 aliphatic carbocycles. The SMILES string of the molecule is CC(=O)Nc1cccc(NC(=O)c2cnc(Nc3cc(C)on3)cn2)c1. The maximum absolute atomic E-state index is 12.3. The standard InChI is InChI=1S/C17H16N6O3/c1-10-6-15(23-26-10)22-16-9-18-14(8-19-16)17(25)21-13-5-3-4-12(7-13)20-11(2)24/h3-9H,1-2H3,(H,20,24)(H,21,25)(H,19,22,23). The van der Waals surface area contributed by atoms with Gasteiger partial charge in [-0.05, 0) is 25.1 Å². The van der Waals surface area contributed by atoms with Gasteiger partial charge in [0.15, 0.2) is 5.82 Å². The minimum atomic E-state index is -0.415. The number of anilines is 4. The van der Waals surface area contributed by atoms with Crippen molar-refractivity contribution in [3.8, 4) is 0 Å². The van der Waals surface area contributed by atoms with Crippen molar-refractivity contribution >= 4 is 34.8 Å². The topological polar surface area (TPSA) is 122 Å². The lowest BCUT2D eigenvalue weighted by Crippen LogP contribution is -2.14. The normalized spacial score (nSPS) is 10.2. The van der Waals surface area contributed by atoms with Crippen LogP contribution in [-0.4, -0.2) is 26.9 Å². The van der Waals surface area contributed by atoms with Gasteiger partial charge in [0.25, 0.3) is 5.91 Å². The average molecular weight is 352 g/mol. The number of aromatic nitrogens is 3. The molecular weight excluding hydrogens is 336 g/mol. The number of amides is 2. The number of carbonyl (C=O) groups excluding carboxylic acids is 2. The minimum Gasteiger partial charge on any atom is -0.360 e. The number of nitrogens with zero attached hydrogens (tertiary/aromatic N) is 3. The number of hydrogen-bond donors (Lipinski definition) is 3. The quantitative estimate of drug-likeness (QED) is 0.645. The zero-order valence-corrected chi connectivity index (χ0v) is 14.1. The number of rotatable bonds is 5. The summed E-state index contributed by atoms with van der Waals surface area (Å²) in [5.41, 5.74) is 1.27. The first-order valence-corrected chi connectivity index (χ1v) is 7.71. The molecule has 3 aromatic rings. The monoisotopic (exact) mass is 352 g/mol. The lowest BCUT2D eigenvalue weighted by Gasteiger charge is -2.08. The Hall–Kier alpha value is -3.75. The van der Waals surface area contributed by atoms with E-state index in [1.807, 2.05) is 0 Å². The Labute approximate surface area is 148 Å². The Morgan fingerprint density at radius 1 is 1.00 bits per heavy atom. The van der Waals surface area contributed by atoms with Gasteiger partial charge in [-0.1, -0.05) is 11.2 Å². The molecule has 0 aliphatic rings. The third kappa shape index (κ3) is 4.41. The van der Waals surface area contributed by atoms with Crippen molar-refractivity contribution in [1.82, 2.24) is 15.1 Å². The van der Waals surface area contributed by atoms with Crippen LogP contribution in [0.2, 0.25) is 0 Å². The fraction of sp³-hybridized carbons (Fsp3) is 0.118. The van der Waals surface area contributed by atoms with Crippen molar-refractivity contribution in [1.29, 1.82) is 0 Å². The largest absolute Gasteiger partial charge is 0.360 e. The fourth-order valence-electron chi connectivity index (χ4n) is 2.14. The van der Waals surface area contributed by atoms with Crippen molar-refractivity contribution < 1.29 is 14.1 Å². The highest BCUT2D eigenvalue weighted by atomic mass is 16.5. The second kappa shape index (κ2) is 7.43. The molecule has 2 aromatic heterocycles. The van der Waals surface area contributed by atoms with Gasteiger partial charge >= 0.3 is 0 Å². The Morgan fingerprint density at radius 2 is 1.77 bits per heavy atom. The van der Waals surface area contributed by atoms with Crippen LogP contribution in [-0.2, 0) is 4.79 Å². The molecule has 0 aliphatic heterocycles. The molecular formula is C17H16N6O3. The zero-order valence-electron chi connectivity index (χ0n) is 14.1. The van der Waals surface area contributed by atoms with Crippen LogP contribution >= 0.6 is 0 Å². The van der Waals surface area contributed by atoms with Gasteiger partial charge in [-0.2, -0.15) is 0 Å². The van der Waals surface area contributed by atoms with E-state index < -0.39 is 5.91 Å². The van der Waals surface area contributed by atoms with Crippen molar-refractivity contribution in [3.63, 3.8) is 0 Å². The summed E-state index contributed by atoms with van der Waals surface area (Å²) >= 11 is 0. The van der Waals surface area contributed by atoms with Gasteiger partial charge in [-0.15, -0.1) is 0 Å². The predicted molar refractivity (Wildman–Crippen MR) is 95.3 cm³/mol. The summed E-state index contributed by atoms with van der Waals surface area (Å²) in [6.45, 7) is 3.19. The van der Waals surface area contributed by atoms with E-state index >= 15 is 0 Å². The first-order chi connectivity index (χ1) is 12.5. The molecule has 9 nitrogen and oxygen atoms in total. The van der Waals surface area contributed by atoms with Gasteiger partial charge < -0.3 is 20.5 Å². The Kier molecular flexibility index (Phi) is 4.88. The second-order valence-electron chi connectivity index (χ2n) is 5.45. The van der Waals surface area contributed by atoms with E-state index in [0.717, 1.165) is 0 Å². The highest BCUT2D eigenvalue weighted by Crippen LogP contribution is 2.16. The van der Waals surface area contributed by atoms with E-state index in [4.69, 9.17) is 4.52 Å². The van der Waals surface area contributed by atoms with Crippen molar-refractivity contribution in [3.05, 3.63) is 54.2 Å². The van der Waals surface area contributed by atoms with Gasteiger partial charge in [-0.25, -0.2) is 9.97 Å². The van der Waals surface area contributed by atoms with Crippen LogP contribution in [0.5, 0.6) is 0 Å². The Morgan fingerprint density at radius 3 is 2.38 bits per heavy atom. The molecule has 0 atom stereocenters. The summed E-state index contributed by atoms with van der Waals surface area (Å²) < 4.78 is 4.95. The van der Waals surface area contributed by atoms with Crippen molar-refractivity contribution in [2.75, 3.05) is 16.0 Å². The van der Waals surface area contributed by atoms with Crippen LogP contribution in [0.4, 0.5) is 23.0 Å². The number of benzene rings is 1. The summed E-state index contributed by atoms with van der Waals surface area (Å²) in [7, 11) is 0. The molecule has 9 heteroatoms. The molecule has 2 heterocycles. The molecule has 0 radical (unpaired) electrons. The lowest BCUT2D eigenvalue weighted by molar-refractivity contribution is -0.114. The predicted octanol–water partition coefficient (Wildman–Crippen LogP) is 2.73. The van der Waals surface area contributed by atoms with Crippen LogP contribution < -0.4 is 16.0 Å². The molecule has 3 N–H and O–H groups in total. The molecule has 0 saturated carbocycles. The Balaban J connectivity index is 1.65. The molecule has 3 rings (SSSR count).